The minimum absolute atomic E-state index is 0.0873. The van der Waals surface area contributed by atoms with E-state index in [0.29, 0.717) is 19.6 Å². The second-order valence-electron chi connectivity index (χ2n) is 8.20. The van der Waals surface area contributed by atoms with Crippen molar-refractivity contribution in [3.05, 3.63) is 24.3 Å². The summed E-state index contributed by atoms with van der Waals surface area (Å²) in [5, 5.41) is 2.99. The highest BCUT2D eigenvalue weighted by atomic mass is 16.5. The molecule has 5 heteroatoms. The number of ether oxygens (including phenoxy) is 2. The summed E-state index contributed by atoms with van der Waals surface area (Å²) in [7, 11) is 0. The van der Waals surface area contributed by atoms with E-state index in [0.717, 1.165) is 36.7 Å². The van der Waals surface area contributed by atoms with Gasteiger partial charge in [0.15, 0.2) is 0 Å². The lowest BCUT2D eigenvalue weighted by Gasteiger charge is -2.30. The standard InChI is InChI=1S/C23H38N2O3/c1-5-13-23(4,28-16-6-2)22(26)24-20-9-11-21(12-10-20)27-17-15-25-14-7-8-19(3)18-25/h9-12,19H,5-8,13-18H2,1-4H3,(H,24,26)/t19-,23-/m1/s1. The van der Waals surface area contributed by atoms with Crippen LogP contribution in [0.4, 0.5) is 5.69 Å². The van der Waals surface area contributed by atoms with Crippen molar-refractivity contribution < 1.29 is 14.3 Å². The van der Waals surface area contributed by atoms with Gasteiger partial charge in [-0.05, 0) is 69.3 Å². The number of anilines is 1. The van der Waals surface area contributed by atoms with E-state index in [1.54, 1.807) is 0 Å². The lowest BCUT2D eigenvalue weighted by Crippen LogP contribution is -2.43. The maximum absolute atomic E-state index is 12.7. The van der Waals surface area contributed by atoms with Crippen LogP contribution in [0.25, 0.3) is 0 Å². The number of piperidine rings is 1. The highest BCUT2D eigenvalue weighted by molar-refractivity contribution is 5.97. The summed E-state index contributed by atoms with van der Waals surface area (Å²) in [6, 6.07) is 7.61. The molecule has 1 aliphatic rings. The molecule has 1 heterocycles. The summed E-state index contributed by atoms with van der Waals surface area (Å²) in [5.74, 6) is 1.54. The number of nitrogens with zero attached hydrogens (tertiary/aromatic N) is 1. The highest BCUT2D eigenvalue weighted by Crippen LogP contribution is 2.22. The predicted molar refractivity (Wildman–Crippen MR) is 115 cm³/mol. The van der Waals surface area contributed by atoms with Crippen LogP contribution in [0, 0.1) is 5.92 Å². The Morgan fingerprint density at radius 2 is 1.96 bits per heavy atom. The Morgan fingerprint density at radius 3 is 2.61 bits per heavy atom. The van der Waals surface area contributed by atoms with Crippen molar-refractivity contribution in [1.29, 1.82) is 0 Å². The van der Waals surface area contributed by atoms with Gasteiger partial charge in [0, 0.05) is 25.4 Å². The van der Waals surface area contributed by atoms with Gasteiger partial charge in [0.1, 0.15) is 18.0 Å². The van der Waals surface area contributed by atoms with Crippen LogP contribution in [-0.2, 0) is 9.53 Å². The topological polar surface area (TPSA) is 50.8 Å². The number of benzene rings is 1. The predicted octanol–water partition coefficient (Wildman–Crippen LogP) is 4.72. The largest absolute Gasteiger partial charge is 0.492 e. The molecule has 0 radical (unpaired) electrons. The van der Waals surface area contributed by atoms with Crippen molar-refractivity contribution in [2.75, 3.05) is 38.2 Å². The van der Waals surface area contributed by atoms with Crippen LogP contribution in [0.5, 0.6) is 5.75 Å². The van der Waals surface area contributed by atoms with Crippen LogP contribution in [0.3, 0.4) is 0 Å². The van der Waals surface area contributed by atoms with Crippen LogP contribution < -0.4 is 10.1 Å². The molecule has 1 aromatic rings. The van der Waals surface area contributed by atoms with Crippen molar-refractivity contribution in [1.82, 2.24) is 4.90 Å². The van der Waals surface area contributed by atoms with Crippen molar-refractivity contribution in [2.24, 2.45) is 5.92 Å². The molecule has 0 unspecified atom stereocenters. The molecule has 0 aromatic heterocycles. The first-order valence-corrected chi connectivity index (χ1v) is 10.9. The minimum atomic E-state index is -0.786. The number of rotatable bonds is 11. The normalized spacial score (nSPS) is 19.8. The number of hydrogen-bond donors (Lipinski definition) is 1. The third-order valence-corrected chi connectivity index (χ3v) is 5.36. The lowest BCUT2D eigenvalue weighted by molar-refractivity contribution is -0.140. The monoisotopic (exact) mass is 390 g/mol. The zero-order valence-electron chi connectivity index (χ0n) is 18.1. The number of hydrogen-bond acceptors (Lipinski definition) is 4. The van der Waals surface area contributed by atoms with Crippen molar-refractivity contribution in [2.45, 2.75) is 65.4 Å². The van der Waals surface area contributed by atoms with Crippen LogP contribution in [-0.4, -0.2) is 49.3 Å². The summed E-state index contributed by atoms with van der Waals surface area (Å²) in [6.07, 6.45) is 5.13. The molecule has 0 spiro atoms. The molecule has 0 bridgehead atoms. The van der Waals surface area contributed by atoms with E-state index in [1.165, 1.54) is 25.9 Å². The van der Waals surface area contributed by atoms with Gasteiger partial charge in [0.25, 0.3) is 5.91 Å². The van der Waals surface area contributed by atoms with E-state index in [-0.39, 0.29) is 5.91 Å². The summed E-state index contributed by atoms with van der Waals surface area (Å²) < 4.78 is 11.7. The van der Waals surface area contributed by atoms with E-state index < -0.39 is 5.60 Å². The van der Waals surface area contributed by atoms with E-state index in [4.69, 9.17) is 9.47 Å². The molecule has 2 atom stereocenters. The Morgan fingerprint density at radius 1 is 1.21 bits per heavy atom. The zero-order valence-corrected chi connectivity index (χ0v) is 18.1. The van der Waals surface area contributed by atoms with E-state index in [9.17, 15) is 4.79 Å². The smallest absolute Gasteiger partial charge is 0.256 e. The molecule has 1 fully saturated rings. The number of carbonyl (C=O) groups excluding carboxylic acids is 1. The van der Waals surface area contributed by atoms with Crippen molar-refractivity contribution in [3.8, 4) is 5.75 Å². The Balaban J connectivity index is 1.81. The maximum Gasteiger partial charge on any atom is 0.256 e. The number of carbonyl (C=O) groups is 1. The van der Waals surface area contributed by atoms with Crippen LogP contribution in [0.2, 0.25) is 0 Å². The van der Waals surface area contributed by atoms with Gasteiger partial charge < -0.3 is 14.8 Å². The lowest BCUT2D eigenvalue weighted by atomic mass is 9.99. The van der Waals surface area contributed by atoms with Crippen molar-refractivity contribution >= 4 is 11.6 Å². The maximum atomic E-state index is 12.7. The van der Waals surface area contributed by atoms with Gasteiger partial charge in [-0.3, -0.25) is 9.69 Å². The Kier molecular flexibility index (Phi) is 9.26. The number of likely N-dealkylation sites (tertiary alicyclic amines) is 1. The number of amides is 1. The molecule has 1 aromatic carbocycles. The fourth-order valence-corrected chi connectivity index (χ4v) is 3.74. The molecule has 28 heavy (non-hydrogen) atoms. The highest BCUT2D eigenvalue weighted by Gasteiger charge is 2.33. The van der Waals surface area contributed by atoms with Crippen LogP contribution in [0.15, 0.2) is 24.3 Å². The average Bonchev–Trinajstić information content (AvgIpc) is 2.68. The van der Waals surface area contributed by atoms with Crippen LogP contribution in [0.1, 0.15) is 59.8 Å². The van der Waals surface area contributed by atoms with E-state index in [1.807, 2.05) is 31.2 Å². The summed E-state index contributed by atoms with van der Waals surface area (Å²) in [6.45, 7) is 12.9. The fourth-order valence-electron chi connectivity index (χ4n) is 3.74. The van der Waals surface area contributed by atoms with E-state index in [2.05, 4.69) is 31.0 Å². The van der Waals surface area contributed by atoms with Gasteiger partial charge in [-0.25, -0.2) is 0 Å². The molecule has 1 amide bonds. The van der Waals surface area contributed by atoms with Gasteiger partial charge in [0.05, 0.1) is 0 Å². The third-order valence-electron chi connectivity index (χ3n) is 5.36. The molecule has 0 aliphatic carbocycles. The third kappa shape index (κ3) is 7.10. The zero-order chi connectivity index (χ0) is 20.4. The molecule has 2 rings (SSSR count). The summed E-state index contributed by atoms with van der Waals surface area (Å²) in [5.41, 5.74) is -0.0180. The quantitative estimate of drug-likeness (QED) is 0.594. The van der Waals surface area contributed by atoms with Crippen molar-refractivity contribution in [3.63, 3.8) is 0 Å². The minimum Gasteiger partial charge on any atom is -0.492 e. The average molecular weight is 391 g/mol. The second kappa shape index (κ2) is 11.4. The summed E-state index contributed by atoms with van der Waals surface area (Å²) >= 11 is 0. The Hall–Kier alpha value is -1.59. The van der Waals surface area contributed by atoms with Gasteiger partial charge in [-0.2, -0.15) is 0 Å². The van der Waals surface area contributed by atoms with Gasteiger partial charge in [-0.15, -0.1) is 0 Å². The Labute approximate surface area is 170 Å². The molecule has 1 saturated heterocycles. The van der Waals surface area contributed by atoms with Crippen LogP contribution >= 0.6 is 0 Å². The first-order valence-electron chi connectivity index (χ1n) is 10.9. The first kappa shape index (κ1) is 22.7. The first-order chi connectivity index (χ1) is 13.5. The molecule has 1 N–H and O–H groups in total. The van der Waals surface area contributed by atoms with Gasteiger partial charge >= 0.3 is 0 Å². The van der Waals surface area contributed by atoms with Gasteiger partial charge in [0.2, 0.25) is 0 Å². The SMILES string of the molecule is CCCO[C@](C)(CCC)C(=O)Nc1ccc(OCCN2CCC[C@@H](C)C2)cc1. The Bertz CT molecular complexity index is 590. The molecular weight excluding hydrogens is 352 g/mol. The molecular formula is C23H38N2O3. The molecule has 5 nitrogen and oxygen atoms in total. The summed E-state index contributed by atoms with van der Waals surface area (Å²) in [4.78, 5) is 15.2. The molecule has 1 aliphatic heterocycles. The molecule has 158 valence electrons. The van der Waals surface area contributed by atoms with Gasteiger partial charge in [-0.1, -0.05) is 27.2 Å². The van der Waals surface area contributed by atoms with E-state index >= 15 is 0 Å². The molecule has 0 saturated carbocycles. The number of nitrogens with one attached hydrogen (secondary N) is 1. The fraction of sp³-hybridized carbons (Fsp3) is 0.696. The second-order valence-corrected chi connectivity index (χ2v) is 8.20.